The third-order valence-corrected chi connectivity index (χ3v) is 4.73. The Kier molecular flexibility index (Phi) is 4.41. The summed E-state index contributed by atoms with van der Waals surface area (Å²) in [6.07, 6.45) is 0. The molecule has 6 nitrogen and oxygen atoms in total. The molecule has 1 N–H and O–H groups in total. The van der Waals surface area contributed by atoms with Crippen LogP contribution in [-0.4, -0.2) is 18.6 Å². The average Bonchev–Trinajstić information content (AvgIpc) is 3.03. The fourth-order valence-corrected chi connectivity index (χ4v) is 2.97. The molecular formula is C16H14FN3O3S. The van der Waals surface area contributed by atoms with Gasteiger partial charge in [-0.25, -0.2) is 17.5 Å². The van der Waals surface area contributed by atoms with E-state index in [0.717, 1.165) is 5.56 Å². The van der Waals surface area contributed by atoms with Crippen LogP contribution >= 0.6 is 0 Å². The van der Waals surface area contributed by atoms with Crippen LogP contribution in [0.2, 0.25) is 0 Å². The number of hydrogen-bond donors (Lipinski definition) is 1. The number of nitrogens with one attached hydrogen (secondary N) is 1. The van der Waals surface area contributed by atoms with Gasteiger partial charge in [-0.1, -0.05) is 22.9 Å². The van der Waals surface area contributed by atoms with Crippen LogP contribution in [0.4, 0.5) is 4.39 Å². The monoisotopic (exact) mass is 347 g/mol. The summed E-state index contributed by atoms with van der Waals surface area (Å²) in [5, 5.41) is 3.76. The lowest BCUT2D eigenvalue weighted by Crippen LogP contribution is -2.23. The van der Waals surface area contributed by atoms with E-state index in [4.69, 9.17) is 4.52 Å². The molecule has 1 heterocycles. The zero-order valence-corrected chi connectivity index (χ0v) is 13.5. The smallest absolute Gasteiger partial charge is 0.242 e. The van der Waals surface area contributed by atoms with Crippen molar-refractivity contribution < 1.29 is 17.3 Å². The number of aromatic nitrogens is 2. The van der Waals surface area contributed by atoms with Crippen molar-refractivity contribution in [2.75, 3.05) is 0 Å². The van der Waals surface area contributed by atoms with E-state index in [0.29, 0.717) is 5.56 Å². The van der Waals surface area contributed by atoms with Crippen LogP contribution in [0.5, 0.6) is 0 Å². The van der Waals surface area contributed by atoms with Crippen LogP contribution in [0.15, 0.2) is 57.9 Å². The molecule has 8 heteroatoms. The van der Waals surface area contributed by atoms with Crippen molar-refractivity contribution in [2.24, 2.45) is 0 Å². The van der Waals surface area contributed by atoms with Gasteiger partial charge in [0.25, 0.3) is 0 Å². The van der Waals surface area contributed by atoms with Gasteiger partial charge in [-0.2, -0.15) is 4.98 Å². The van der Waals surface area contributed by atoms with Crippen molar-refractivity contribution in [1.82, 2.24) is 14.9 Å². The van der Waals surface area contributed by atoms with Crippen molar-refractivity contribution in [3.05, 3.63) is 65.8 Å². The molecule has 0 aliphatic carbocycles. The van der Waals surface area contributed by atoms with Crippen LogP contribution in [0.25, 0.3) is 11.4 Å². The highest BCUT2D eigenvalue weighted by molar-refractivity contribution is 7.89. The second-order valence-electron chi connectivity index (χ2n) is 5.16. The number of nitrogens with zero attached hydrogens (tertiary/aromatic N) is 2. The molecule has 0 saturated heterocycles. The zero-order chi connectivity index (χ0) is 17.2. The minimum Gasteiger partial charge on any atom is -0.338 e. The van der Waals surface area contributed by atoms with Crippen LogP contribution < -0.4 is 4.72 Å². The Morgan fingerprint density at radius 2 is 1.75 bits per heavy atom. The SMILES string of the molecule is Cc1ccc(S(=O)(=O)NCc2nc(-c3ccc(F)cc3)no2)cc1. The molecule has 3 aromatic rings. The Bertz CT molecular complexity index is 935. The number of hydrogen-bond acceptors (Lipinski definition) is 5. The zero-order valence-electron chi connectivity index (χ0n) is 12.7. The van der Waals surface area contributed by atoms with Gasteiger partial charge in [0, 0.05) is 5.56 Å². The van der Waals surface area contributed by atoms with Crippen LogP contribution in [0.3, 0.4) is 0 Å². The van der Waals surface area contributed by atoms with Crippen molar-refractivity contribution >= 4 is 10.0 Å². The molecule has 1 aromatic heterocycles. The van der Waals surface area contributed by atoms with Crippen LogP contribution in [0, 0.1) is 12.7 Å². The second kappa shape index (κ2) is 6.50. The maximum Gasteiger partial charge on any atom is 0.242 e. The van der Waals surface area contributed by atoms with Gasteiger partial charge in [0.2, 0.25) is 21.7 Å². The first-order valence-electron chi connectivity index (χ1n) is 7.09. The molecule has 2 aromatic carbocycles. The lowest BCUT2D eigenvalue weighted by Gasteiger charge is -2.04. The lowest BCUT2D eigenvalue weighted by atomic mass is 10.2. The molecule has 0 saturated carbocycles. The summed E-state index contributed by atoms with van der Waals surface area (Å²) in [5.41, 5.74) is 1.54. The van der Waals surface area contributed by atoms with Gasteiger partial charge in [0.15, 0.2) is 0 Å². The van der Waals surface area contributed by atoms with Gasteiger partial charge in [0.05, 0.1) is 11.4 Å². The molecule has 24 heavy (non-hydrogen) atoms. The van der Waals surface area contributed by atoms with Gasteiger partial charge in [-0.05, 0) is 43.3 Å². The minimum absolute atomic E-state index is 0.116. The molecular weight excluding hydrogens is 333 g/mol. The molecule has 0 amide bonds. The standard InChI is InChI=1S/C16H14FN3O3S/c1-11-2-8-14(9-3-11)24(21,22)18-10-15-19-16(20-23-15)12-4-6-13(17)7-5-12/h2-9,18H,10H2,1H3. The van der Waals surface area contributed by atoms with Gasteiger partial charge < -0.3 is 4.52 Å². The quantitative estimate of drug-likeness (QED) is 0.767. The highest BCUT2D eigenvalue weighted by Gasteiger charge is 2.16. The minimum atomic E-state index is -3.66. The van der Waals surface area contributed by atoms with Crippen LogP contribution in [-0.2, 0) is 16.6 Å². The molecule has 0 atom stereocenters. The second-order valence-corrected chi connectivity index (χ2v) is 6.92. The maximum absolute atomic E-state index is 12.9. The number of aryl methyl sites for hydroxylation is 1. The van der Waals surface area contributed by atoms with E-state index in [1.807, 2.05) is 6.92 Å². The molecule has 0 spiro atoms. The summed E-state index contributed by atoms with van der Waals surface area (Å²) in [5.74, 6) is 0.0119. The molecule has 0 aliphatic rings. The number of rotatable bonds is 5. The first-order valence-corrected chi connectivity index (χ1v) is 8.57. The fraction of sp³-hybridized carbons (Fsp3) is 0.125. The summed E-state index contributed by atoms with van der Waals surface area (Å²) in [7, 11) is -3.66. The Balaban J connectivity index is 1.71. The number of halogens is 1. The predicted molar refractivity (Wildman–Crippen MR) is 84.9 cm³/mol. The molecule has 0 radical (unpaired) electrons. The summed E-state index contributed by atoms with van der Waals surface area (Å²) in [6.45, 7) is 1.74. The van der Waals surface area contributed by atoms with Crippen molar-refractivity contribution in [1.29, 1.82) is 0 Å². The highest BCUT2D eigenvalue weighted by atomic mass is 32.2. The van der Waals surface area contributed by atoms with Gasteiger partial charge >= 0.3 is 0 Å². The first-order chi connectivity index (χ1) is 11.4. The third kappa shape index (κ3) is 3.66. The summed E-state index contributed by atoms with van der Waals surface area (Å²) in [4.78, 5) is 4.25. The Labute approximate surface area is 138 Å². The van der Waals surface area contributed by atoms with Crippen molar-refractivity contribution in [3.8, 4) is 11.4 Å². The number of benzene rings is 2. The van der Waals surface area contributed by atoms with E-state index < -0.39 is 10.0 Å². The molecule has 0 fully saturated rings. The van der Waals surface area contributed by atoms with E-state index in [9.17, 15) is 12.8 Å². The molecule has 124 valence electrons. The van der Waals surface area contributed by atoms with Crippen molar-refractivity contribution in [2.45, 2.75) is 18.4 Å². The van der Waals surface area contributed by atoms with E-state index >= 15 is 0 Å². The molecule has 0 unspecified atom stereocenters. The largest absolute Gasteiger partial charge is 0.338 e. The Morgan fingerprint density at radius 3 is 2.42 bits per heavy atom. The molecule has 0 bridgehead atoms. The van der Waals surface area contributed by atoms with E-state index in [1.54, 1.807) is 12.1 Å². The van der Waals surface area contributed by atoms with E-state index in [-0.39, 0.29) is 29.0 Å². The normalized spacial score (nSPS) is 11.6. The summed E-state index contributed by atoms with van der Waals surface area (Å²) in [6, 6.07) is 12.1. The Morgan fingerprint density at radius 1 is 1.08 bits per heavy atom. The molecule has 0 aliphatic heterocycles. The highest BCUT2D eigenvalue weighted by Crippen LogP contribution is 2.16. The fourth-order valence-electron chi connectivity index (χ4n) is 2.00. The summed E-state index contributed by atoms with van der Waals surface area (Å²) < 4.78 is 44.7. The number of sulfonamides is 1. The maximum atomic E-state index is 12.9. The first kappa shape index (κ1) is 16.3. The van der Waals surface area contributed by atoms with E-state index in [1.165, 1.54) is 36.4 Å². The lowest BCUT2D eigenvalue weighted by molar-refractivity contribution is 0.376. The third-order valence-electron chi connectivity index (χ3n) is 3.32. The van der Waals surface area contributed by atoms with Gasteiger partial charge in [0.1, 0.15) is 5.82 Å². The summed E-state index contributed by atoms with van der Waals surface area (Å²) >= 11 is 0. The molecule has 3 rings (SSSR count). The van der Waals surface area contributed by atoms with Crippen molar-refractivity contribution in [3.63, 3.8) is 0 Å². The topological polar surface area (TPSA) is 85.1 Å². The predicted octanol–water partition coefficient (Wildman–Crippen LogP) is 2.66. The van der Waals surface area contributed by atoms with E-state index in [2.05, 4.69) is 14.9 Å². The average molecular weight is 347 g/mol. The van der Waals surface area contributed by atoms with Gasteiger partial charge in [-0.3, -0.25) is 0 Å². The van der Waals surface area contributed by atoms with Gasteiger partial charge in [-0.15, -0.1) is 0 Å². The Hall–Kier alpha value is -2.58. The van der Waals surface area contributed by atoms with Crippen LogP contribution in [0.1, 0.15) is 11.5 Å².